The minimum Gasteiger partial charge on any atom is -0.368 e. The molecule has 0 bridgehead atoms. The van der Waals surface area contributed by atoms with Crippen molar-refractivity contribution in [2.24, 2.45) is 0 Å². The standard InChI is InChI=1S/C10H12N2/c1-2-10(8-12-5-1)9-3-6-11-7-4-9/h1-4,6-7,11-12H,5,8H2/i8D/hD. The highest BCUT2D eigenvalue weighted by atomic mass is 14.9. The number of dihydropyridines is 1. The second-order valence-corrected chi connectivity index (χ2v) is 2.65. The Morgan fingerprint density at radius 1 is 1.33 bits per heavy atom. The molecule has 2 nitrogen and oxygen atoms in total. The lowest BCUT2D eigenvalue weighted by Gasteiger charge is -2.13. The zero-order valence-electron chi connectivity index (χ0n) is 8.70. The molecule has 2 aliphatic rings. The normalized spacial score (nSPS) is 30.7. The van der Waals surface area contributed by atoms with Crippen LogP contribution in [0.25, 0.3) is 0 Å². The van der Waals surface area contributed by atoms with Crippen molar-refractivity contribution in [2.75, 3.05) is 13.1 Å². The van der Waals surface area contributed by atoms with Gasteiger partial charge in [0, 0.05) is 26.8 Å². The predicted octanol–water partition coefficient (Wildman–Crippen LogP) is 1.07. The van der Waals surface area contributed by atoms with Crippen molar-refractivity contribution in [3.8, 4) is 0 Å². The van der Waals surface area contributed by atoms with E-state index in [0.29, 0.717) is 0 Å². The molecule has 2 N–H and O–H groups in total. The molecule has 62 valence electrons. The number of nitrogens with one attached hydrogen (secondary N) is 2. The molecule has 0 spiro atoms. The molecular formula is C10H12N2. The zero-order chi connectivity index (χ0) is 9.97. The molecule has 2 heterocycles. The predicted molar refractivity (Wildman–Crippen MR) is 50.5 cm³/mol. The van der Waals surface area contributed by atoms with E-state index in [0.717, 1.165) is 17.7 Å². The summed E-state index contributed by atoms with van der Waals surface area (Å²) < 4.78 is 15.1. The first kappa shape index (κ1) is 5.38. The highest BCUT2D eigenvalue weighted by Crippen LogP contribution is 2.12. The molecule has 2 rings (SSSR count). The average molecular weight is 162 g/mol. The Balaban J connectivity index is 2.31. The molecule has 12 heavy (non-hydrogen) atoms. The van der Waals surface area contributed by atoms with Gasteiger partial charge in [-0.15, -0.1) is 0 Å². The first-order valence-corrected chi connectivity index (χ1v) is 3.97. The maximum atomic E-state index is 7.77. The van der Waals surface area contributed by atoms with Gasteiger partial charge in [-0.3, -0.25) is 0 Å². The smallest absolute Gasteiger partial charge is 0.165 e. The summed E-state index contributed by atoms with van der Waals surface area (Å²) in [6, 6.07) is 0. The van der Waals surface area contributed by atoms with Gasteiger partial charge in [-0.25, -0.2) is 0 Å². The van der Waals surface area contributed by atoms with Crippen molar-refractivity contribution in [2.45, 2.75) is 0 Å². The molecule has 0 aromatic carbocycles. The van der Waals surface area contributed by atoms with Crippen LogP contribution in [-0.2, 0) is 0 Å². The molecule has 0 aromatic heterocycles. The monoisotopic (exact) mass is 162 g/mol. The zero-order valence-corrected chi connectivity index (χ0v) is 6.70. The molecule has 2 heteroatoms. The fraction of sp³-hybridized carbons (Fsp3) is 0.200. The van der Waals surface area contributed by atoms with Crippen molar-refractivity contribution >= 4 is 0 Å². The Morgan fingerprint density at radius 3 is 2.92 bits per heavy atom. The van der Waals surface area contributed by atoms with Crippen LogP contribution in [0, 0.1) is 0 Å². The van der Waals surface area contributed by atoms with Crippen molar-refractivity contribution < 1.29 is 2.78 Å². The second-order valence-electron chi connectivity index (χ2n) is 2.65. The molecule has 0 fully saturated rings. The van der Waals surface area contributed by atoms with Crippen molar-refractivity contribution in [3.05, 3.63) is 47.9 Å². The first-order chi connectivity index (χ1) is 6.77. The van der Waals surface area contributed by atoms with Crippen LogP contribution in [0.1, 0.15) is 1.37 Å². The molecule has 1 atom stereocenters. The molecule has 2 aliphatic heterocycles. The minimum absolute atomic E-state index is 0.360. The first-order valence-electron chi connectivity index (χ1n) is 5.00. The van der Waals surface area contributed by atoms with Crippen LogP contribution in [0.2, 0.25) is 1.41 Å². The lowest BCUT2D eigenvalue weighted by Crippen LogP contribution is -2.21. The van der Waals surface area contributed by atoms with Crippen molar-refractivity contribution in [1.29, 1.82) is 0 Å². The summed E-state index contributed by atoms with van der Waals surface area (Å²) in [4.78, 5) is 0. The maximum absolute atomic E-state index is 7.77. The van der Waals surface area contributed by atoms with Gasteiger partial charge in [-0.1, -0.05) is 12.2 Å². The summed E-state index contributed by atoms with van der Waals surface area (Å²) in [5.41, 5.74) is 1.95. The highest BCUT2D eigenvalue weighted by Gasteiger charge is 2.02. The average Bonchev–Trinajstić information content (AvgIpc) is 2.20. The molecular weight excluding hydrogens is 148 g/mol. The summed E-state index contributed by atoms with van der Waals surface area (Å²) in [7, 11) is 0. The summed E-state index contributed by atoms with van der Waals surface area (Å²) in [5, 5.41) is 4.27. The van der Waals surface area contributed by atoms with Gasteiger partial charge in [0.15, 0.2) is 1.41 Å². The van der Waals surface area contributed by atoms with Gasteiger partial charge >= 0.3 is 0 Å². The van der Waals surface area contributed by atoms with Gasteiger partial charge in [0.25, 0.3) is 0 Å². The summed E-state index contributed by atoms with van der Waals surface area (Å²) in [6.45, 7) is 0.393. The Bertz CT molecular complexity index is 326. The van der Waals surface area contributed by atoms with Crippen LogP contribution in [0.5, 0.6) is 0 Å². The van der Waals surface area contributed by atoms with E-state index in [1.54, 1.807) is 12.4 Å². The largest absolute Gasteiger partial charge is 0.368 e. The van der Waals surface area contributed by atoms with E-state index in [-0.39, 0.29) is 6.52 Å². The third-order valence-corrected chi connectivity index (χ3v) is 1.80. The van der Waals surface area contributed by atoms with E-state index >= 15 is 0 Å². The van der Waals surface area contributed by atoms with Crippen LogP contribution in [0.3, 0.4) is 0 Å². The Labute approximate surface area is 75.2 Å². The number of hydrogen-bond acceptors (Lipinski definition) is 2. The SMILES string of the molecule is [2H]C1NCC=CC1=C1C=CN([2H])C=C1. The van der Waals surface area contributed by atoms with Crippen molar-refractivity contribution in [3.63, 3.8) is 0 Å². The topological polar surface area (TPSA) is 24.1 Å². The fourth-order valence-electron chi connectivity index (χ4n) is 1.19. The quantitative estimate of drug-likeness (QED) is 0.557. The molecule has 0 saturated carbocycles. The number of hydrogen-bond donors (Lipinski definition) is 2. The summed E-state index contributed by atoms with van der Waals surface area (Å²) >= 11 is 0. The minimum atomic E-state index is -0.360. The summed E-state index contributed by atoms with van der Waals surface area (Å²) in [5.74, 6) is 0. The lowest BCUT2D eigenvalue weighted by atomic mass is 10.0. The number of rotatable bonds is 0. The Morgan fingerprint density at radius 2 is 2.17 bits per heavy atom. The third-order valence-electron chi connectivity index (χ3n) is 1.80. The highest BCUT2D eigenvalue weighted by molar-refractivity contribution is 5.44. The van der Waals surface area contributed by atoms with E-state index < -0.39 is 0 Å². The van der Waals surface area contributed by atoms with Crippen molar-refractivity contribution in [1.82, 2.24) is 10.6 Å². The molecule has 0 aromatic rings. The van der Waals surface area contributed by atoms with Gasteiger partial charge in [0.2, 0.25) is 0 Å². The van der Waals surface area contributed by atoms with Crippen LogP contribution < -0.4 is 10.6 Å². The Kier molecular flexibility index (Phi) is 1.53. The molecule has 0 aliphatic carbocycles. The van der Waals surface area contributed by atoms with E-state index in [4.69, 9.17) is 2.78 Å². The third kappa shape index (κ3) is 1.48. The molecule has 0 saturated heterocycles. The van der Waals surface area contributed by atoms with Crippen LogP contribution in [0.4, 0.5) is 0 Å². The van der Waals surface area contributed by atoms with Gasteiger partial charge in [0.1, 0.15) is 0 Å². The van der Waals surface area contributed by atoms with E-state index in [9.17, 15) is 0 Å². The lowest BCUT2D eigenvalue weighted by molar-refractivity contribution is 0.801. The van der Waals surface area contributed by atoms with Gasteiger partial charge < -0.3 is 10.6 Å². The second kappa shape index (κ2) is 3.41. The molecule has 1 unspecified atom stereocenters. The van der Waals surface area contributed by atoms with E-state index in [1.807, 2.05) is 24.3 Å². The number of allylic oxidation sites excluding steroid dienone is 3. The fourth-order valence-corrected chi connectivity index (χ4v) is 1.19. The van der Waals surface area contributed by atoms with Gasteiger partial charge in [-0.05, 0) is 23.3 Å². The van der Waals surface area contributed by atoms with Crippen LogP contribution in [0.15, 0.2) is 47.9 Å². The Hall–Kier alpha value is -1.28. The molecule has 0 radical (unpaired) electrons. The molecule has 0 amide bonds. The van der Waals surface area contributed by atoms with E-state index in [1.165, 1.54) is 5.31 Å². The van der Waals surface area contributed by atoms with Crippen LogP contribution in [-0.4, -0.2) is 13.1 Å². The van der Waals surface area contributed by atoms with Gasteiger partial charge in [0.05, 0.1) is 0 Å². The maximum Gasteiger partial charge on any atom is 0.165 e. The van der Waals surface area contributed by atoms with E-state index in [2.05, 4.69) is 5.32 Å². The summed E-state index contributed by atoms with van der Waals surface area (Å²) in [6.07, 6.45) is 11.0. The van der Waals surface area contributed by atoms with Gasteiger partial charge in [-0.2, -0.15) is 0 Å². The van der Waals surface area contributed by atoms with Crippen LogP contribution >= 0.6 is 0 Å².